The van der Waals surface area contributed by atoms with E-state index in [1.165, 1.54) is 100 Å². The zero-order valence-electron chi connectivity index (χ0n) is 46.9. The number of anilines is 3. The first-order valence-corrected chi connectivity index (χ1v) is 31.3. The molecule has 17 rings (SSSR count). The Labute approximate surface area is 551 Å². The van der Waals surface area contributed by atoms with Gasteiger partial charge >= 0.3 is 0 Å². The third-order valence-electron chi connectivity index (χ3n) is 16.6. The van der Waals surface area contributed by atoms with Gasteiger partial charge in [-0.05, 0) is 106 Å². The minimum absolute atomic E-state index is 0. The summed E-state index contributed by atoms with van der Waals surface area (Å²) in [7, 11) is 0. The van der Waals surface area contributed by atoms with Crippen LogP contribution in [-0.4, -0.2) is 9.97 Å². The van der Waals surface area contributed by atoms with Crippen molar-refractivity contribution in [1.29, 1.82) is 0 Å². The molecular weight excluding hydrogens is 1400 g/mol. The van der Waals surface area contributed by atoms with Crippen LogP contribution in [0.15, 0.2) is 308 Å². The Kier molecular flexibility index (Phi) is 15.7. The second kappa shape index (κ2) is 24.3. The molecule has 0 spiro atoms. The van der Waals surface area contributed by atoms with Gasteiger partial charge in [0, 0.05) is 136 Å². The summed E-state index contributed by atoms with van der Waals surface area (Å²) >= 11 is 7.30. The average molecular weight is 1450 g/mol. The van der Waals surface area contributed by atoms with Crippen LogP contribution in [0.2, 0.25) is 0 Å². The van der Waals surface area contributed by atoms with Crippen molar-refractivity contribution in [3.05, 3.63) is 308 Å². The molecule has 0 aliphatic carbocycles. The molecule has 4 heterocycles. The number of nitrogens with zero attached hydrogens (tertiary/aromatic N) is 3. The molecule has 0 aliphatic heterocycles. The van der Waals surface area contributed by atoms with E-state index in [0.29, 0.717) is 0 Å². The maximum Gasteiger partial charge on any atom is 0.0788 e. The van der Waals surface area contributed by atoms with Gasteiger partial charge in [-0.15, -0.1) is 22.7 Å². The largest absolute Gasteiger partial charge is 0.311 e. The van der Waals surface area contributed by atoms with Crippen molar-refractivity contribution in [2.75, 3.05) is 4.90 Å². The second-order valence-corrected chi connectivity index (χ2v) is 24.7. The fourth-order valence-electron chi connectivity index (χ4n) is 12.4. The van der Waals surface area contributed by atoms with Gasteiger partial charge in [0.15, 0.2) is 0 Å². The summed E-state index contributed by atoms with van der Waals surface area (Å²) in [6.45, 7) is 0. The average Bonchev–Trinajstić information content (AvgIpc) is 1.65. The van der Waals surface area contributed by atoms with Crippen molar-refractivity contribution in [1.82, 2.24) is 9.97 Å². The van der Waals surface area contributed by atoms with Crippen molar-refractivity contribution in [2.45, 2.75) is 7.43 Å². The normalized spacial score (nSPS) is 11.3. The van der Waals surface area contributed by atoms with Crippen LogP contribution in [-0.2, 0) is 0 Å². The van der Waals surface area contributed by atoms with E-state index in [2.05, 4.69) is 324 Å². The molecule has 0 fully saturated rings. The fraction of sp³-hybridized carbons (Fsp3) is 0.0123. The smallest absolute Gasteiger partial charge is 0.0788 e. The van der Waals surface area contributed by atoms with Crippen LogP contribution >= 0.6 is 38.6 Å². The first-order valence-electron chi connectivity index (χ1n) is 28.9. The minimum atomic E-state index is 0. The number of hydrogen-bond acceptors (Lipinski definition) is 5. The van der Waals surface area contributed by atoms with E-state index < -0.39 is 0 Å². The Morgan fingerprint density at radius 3 is 0.955 bits per heavy atom. The SMILES string of the molecule is Brc1ccc(-c2nc3ccccc3c3c2ccc2c4ccccc4sc23)cc1.C.[U].c1ccc(-c2ccc(N(c3ccc(-c4ccccc4)cc3)c3ccc(-c4ccc(-c5nc6ccccc6c6c5ccc5c7ccccc7sc56)cc4)cc3)cc2)cc1. The molecule has 0 N–H and O–H groups in total. The zero-order valence-corrected chi connectivity index (χ0v) is 54.3. The summed E-state index contributed by atoms with van der Waals surface area (Å²) in [4.78, 5) is 12.7. The predicted octanol–water partition coefficient (Wildman–Crippen LogP) is 24.7. The molecule has 0 atom stereocenters. The molecule has 0 saturated carbocycles. The Morgan fingerprint density at radius 1 is 0.261 bits per heavy atom. The Hall–Kier alpha value is -9.03. The molecule has 88 heavy (non-hydrogen) atoms. The summed E-state index contributed by atoms with van der Waals surface area (Å²) < 4.78 is 6.39. The fourth-order valence-corrected chi connectivity index (χ4v) is 15.2. The van der Waals surface area contributed by atoms with Gasteiger partial charge in [0.1, 0.15) is 0 Å². The first kappa shape index (κ1) is 56.8. The van der Waals surface area contributed by atoms with Crippen LogP contribution in [0.3, 0.4) is 0 Å². The van der Waals surface area contributed by atoms with Crippen molar-refractivity contribution in [3.8, 4) is 55.9 Å². The van der Waals surface area contributed by atoms with Gasteiger partial charge in [0.25, 0.3) is 0 Å². The molecule has 13 aromatic carbocycles. The predicted molar refractivity (Wildman–Crippen MR) is 381 cm³/mol. The summed E-state index contributed by atoms with van der Waals surface area (Å²) in [5.74, 6) is 0. The van der Waals surface area contributed by atoms with E-state index in [1.807, 2.05) is 22.7 Å². The molecule has 0 unspecified atom stereocenters. The van der Waals surface area contributed by atoms with Gasteiger partial charge in [-0.25, -0.2) is 9.97 Å². The summed E-state index contributed by atoms with van der Waals surface area (Å²) in [5, 5.41) is 12.7. The van der Waals surface area contributed by atoms with Gasteiger partial charge in [0.05, 0.1) is 22.4 Å². The maximum atomic E-state index is 5.27. The van der Waals surface area contributed by atoms with E-state index in [4.69, 9.17) is 9.97 Å². The van der Waals surface area contributed by atoms with Crippen LogP contribution in [0.1, 0.15) is 7.43 Å². The van der Waals surface area contributed by atoms with Crippen LogP contribution in [0.5, 0.6) is 0 Å². The molecular formula is C81H54BrN3S2U. The van der Waals surface area contributed by atoms with Gasteiger partial charge < -0.3 is 4.90 Å². The number of fused-ring (bicyclic) bond motifs is 14. The summed E-state index contributed by atoms with van der Waals surface area (Å²) in [6, 6.07) is 109. The van der Waals surface area contributed by atoms with E-state index in [0.717, 1.165) is 60.6 Å². The van der Waals surface area contributed by atoms with Gasteiger partial charge in [0.2, 0.25) is 0 Å². The molecule has 3 nitrogen and oxygen atoms in total. The number of rotatable bonds is 8. The number of thiophene rings is 2. The summed E-state index contributed by atoms with van der Waals surface area (Å²) in [6.07, 6.45) is 0. The van der Waals surface area contributed by atoms with E-state index in [1.54, 1.807) is 0 Å². The molecule has 416 valence electrons. The molecule has 0 amide bonds. The molecule has 0 radical (unpaired) electrons. The first-order chi connectivity index (χ1) is 42.5. The van der Waals surface area contributed by atoms with Gasteiger partial charge in [-0.3, -0.25) is 0 Å². The Morgan fingerprint density at radius 2 is 0.557 bits per heavy atom. The van der Waals surface area contributed by atoms with E-state index >= 15 is 0 Å². The van der Waals surface area contributed by atoms with Crippen molar-refractivity contribution >= 4 is 139 Å². The summed E-state index contributed by atoms with van der Waals surface area (Å²) in [5.41, 5.74) is 16.8. The van der Waals surface area contributed by atoms with Crippen LogP contribution in [0.25, 0.3) is 140 Å². The number of para-hydroxylation sites is 2. The third kappa shape index (κ3) is 10.4. The monoisotopic (exact) mass is 1450 g/mol. The van der Waals surface area contributed by atoms with Crippen LogP contribution < -0.4 is 4.90 Å². The Bertz CT molecular complexity index is 5300. The maximum absolute atomic E-state index is 5.27. The quantitative estimate of drug-likeness (QED) is 0.142. The third-order valence-corrected chi connectivity index (χ3v) is 19.6. The standard InChI is InChI=1S/C55H36N2S.C25H14BrNS.CH4.U/c1-3-11-37(12-4-1)40-23-29-44(30-24-40)57(45-31-25-41(26-32-45)38-13-5-2-6-14-38)46-33-27-42(28-34-46)39-19-21-43(22-20-39)54-50-36-35-48-47-15-8-10-18-52(47)58-55(48)53(50)49-16-7-9-17-51(49)56-54;26-16-11-9-15(10-12-16)24-20-14-13-18-17-5-2-4-8-22(17)28-25(18)23(20)19-6-1-3-7-21(19)27-24;;/h1-36H;1-14H;1H4;. The van der Waals surface area contributed by atoms with E-state index in [-0.39, 0.29) is 38.5 Å². The van der Waals surface area contributed by atoms with Crippen molar-refractivity contribution < 1.29 is 31.1 Å². The number of pyridine rings is 2. The Balaban J connectivity index is 0.000000190. The molecule has 0 saturated heterocycles. The number of halogens is 1. The zero-order chi connectivity index (χ0) is 57.1. The molecule has 4 aromatic heterocycles. The van der Waals surface area contributed by atoms with Gasteiger partial charge in [-0.2, -0.15) is 0 Å². The number of hydrogen-bond donors (Lipinski definition) is 0. The molecule has 0 aliphatic rings. The molecule has 0 bridgehead atoms. The topological polar surface area (TPSA) is 29.0 Å². The van der Waals surface area contributed by atoms with Crippen LogP contribution in [0, 0.1) is 31.1 Å². The second-order valence-electron chi connectivity index (χ2n) is 21.7. The van der Waals surface area contributed by atoms with Crippen LogP contribution in [0.4, 0.5) is 17.1 Å². The molecule has 7 heteroatoms. The number of benzene rings is 13. The minimum Gasteiger partial charge on any atom is -0.311 e. The van der Waals surface area contributed by atoms with Gasteiger partial charge in [-0.1, -0.05) is 254 Å². The molecule has 17 aromatic rings. The van der Waals surface area contributed by atoms with E-state index in [9.17, 15) is 0 Å². The number of aromatic nitrogens is 2. The van der Waals surface area contributed by atoms with Crippen molar-refractivity contribution in [3.63, 3.8) is 0 Å². The van der Waals surface area contributed by atoms with Crippen molar-refractivity contribution in [2.24, 2.45) is 0 Å².